The van der Waals surface area contributed by atoms with Crippen LogP contribution in [0.3, 0.4) is 0 Å². The lowest BCUT2D eigenvalue weighted by Crippen LogP contribution is -2.62. The normalized spacial score (nSPS) is 19.3. The summed E-state index contributed by atoms with van der Waals surface area (Å²) in [7, 11) is 2.25. The Morgan fingerprint density at radius 1 is 1.11 bits per heavy atom. The summed E-state index contributed by atoms with van der Waals surface area (Å²) in [6.45, 7) is 13.7. The summed E-state index contributed by atoms with van der Waals surface area (Å²) in [5.41, 5.74) is 5.59. The molecule has 0 amide bonds. The van der Waals surface area contributed by atoms with Gasteiger partial charge in [-0.1, -0.05) is 24.3 Å². The van der Waals surface area contributed by atoms with Crippen LogP contribution in [-0.4, -0.2) is 49.2 Å². The van der Waals surface area contributed by atoms with E-state index in [1.165, 1.54) is 0 Å². The molecule has 1 atom stereocenters. The third-order valence-corrected chi connectivity index (χ3v) is 8.92. The highest BCUT2D eigenvalue weighted by molar-refractivity contribution is 7.18. The first kappa shape index (κ1) is 24.1. The lowest BCUT2D eigenvalue weighted by molar-refractivity contribution is -0.0198. The monoisotopic (exact) mass is 488 g/mol. The van der Waals surface area contributed by atoms with Gasteiger partial charge in [0.2, 0.25) is 0 Å². The van der Waals surface area contributed by atoms with E-state index in [9.17, 15) is 0 Å². The van der Waals surface area contributed by atoms with Gasteiger partial charge in [-0.15, -0.1) is 11.3 Å². The molecule has 0 spiro atoms. The van der Waals surface area contributed by atoms with Crippen LogP contribution in [0.1, 0.15) is 64.8 Å². The minimum absolute atomic E-state index is 0.103. The van der Waals surface area contributed by atoms with Crippen molar-refractivity contribution in [1.82, 2.24) is 30.4 Å². The zero-order valence-corrected chi connectivity index (χ0v) is 22.6. The number of likely N-dealkylation sites (tertiary alicyclic amines) is 1. The van der Waals surface area contributed by atoms with Crippen molar-refractivity contribution in [2.45, 2.75) is 77.5 Å². The second kappa shape index (κ2) is 8.80. The molecule has 4 heterocycles. The number of thiazole rings is 1. The first-order valence-corrected chi connectivity index (χ1v) is 13.2. The average molecular weight is 489 g/mol. The van der Waals surface area contributed by atoms with Crippen molar-refractivity contribution in [3.63, 3.8) is 0 Å². The maximum absolute atomic E-state index is 5.21. The van der Waals surface area contributed by atoms with E-state index >= 15 is 0 Å². The Hall–Kier alpha value is -2.61. The predicted molar refractivity (Wildman–Crippen MR) is 146 cm³/mol. The van der Waals surface area contributed by atoms with Crippen LogP contribution in [0.15, 0.2) is 42.7 Å². The molecule has 3 aromatic heterocycles. The van der Waals surface area contributed by atoms with Gasteiger partial charge in [0, 0.05) is 46.5 Å². The topological polar surface area (TPSA) is 69.7 Å². The van der Waals surface area contributed by atoms with E-state index in [4.69, 9.17) is 4.98 Å². The van der Waals surface area contributed by atoms with Gasteiger partial charge in [0.1, 0.15) is 10.7 Å². The number of aryl methyl sites for hydroxylation is 1. The Balaban J connectivity index is 1.53. The Kier molecular flexibility index (Phi) is 6.06. The third kappa shape index (κ3) is 4.41. The van der Waals surface area contributed by atoms with E-state index in [-0.39, 0.29) is 17.1 Å². The molecule has 0 radical (unpaired) electrons. The molecule has 1 saturated heterocycles. The summed E-state index contributed by atoms with van der Waals surface area (Å²) in [6, 6.07) is 10.9. The molecule has 5 rings (SSSR count). The summed E-state index contributed by atoms with van der Waals surface area (Å²) in [5.74, 6) is 0. The fraction of sp³-hybridized carbons (Fsp3) is 0.464. The van der Waals surface area contributed by atoms with E-state index in [1.807, 2.05) is 18.5 Å². The number of nitrogens with one attached hydrogen (secondary N) is 2. The summed E-state index contributed by atoms with van der Waals surface area (Å²) < 4.78 is 0. The SMILES string of the molecule is Cc1cccc2c(-c3nc(C(C)NC4CC(C)(C)N(C)C(C)(C)C4)c(-c4cccnc4)s3)[nH]nc12. The molecule has 184 valence electrons. The Labute approximate surface area is 212 Å². The predicted octanol–water partition coefficient (Wildman–Crippen LogP) is 6.36. The zero-order chi connectivity index (χ0) is 25.0. The van der Waals surface area contributed by atoms with Crippen LogP contribution < -0.4 is 5.32 Å². The number of fused-ring (bicyclic) bond motifs is 1. The molecule has 35 heavy (non-hydrogen) atoms. The number of hydrogen-bond acceptors (Lipinski definition) is 6. The fourth-order valence-electron chi connectivity index (χ4n) is 5.70. The molecular formula is C28H36N6S. The van der Waals surface area contributed by atoms with Crippen molar-refractivity contribution in [3.05, 3.63) is 54.0 Å². The van der Waals surface area contributed by atoms with Crippen molar-refractivity contribution in [2.24, 2.45) is 0 Å². The van der Waals surface area contributed by atoms with Crippen LogP contribution in [0, 0.1) is 6.92 Å². The molecule has 2 N–H and O–H groups in total. The van der Waals surface area contributed by atoms with Crippen molar-refractivity contribution in [2.75, 3.05) is 7.05 Å². The van der Waals surface area contributed by atoms with Crippen LogP contribution in [-0.2, 0) is 0 Å². The number of piperidine rings is 1. The van der Waals surface area contributed by atoms with E-state index in [0.717, 1.165) is 56.1 Å². The van der Waals surface area contributed by atoms with Gasteiger partial charge in [0.25, 0.3) is 0 Å². The van der Waals surface area contributed by atoms with E-state index in [1.54, 1.807) is 11.3 Å². The lowest BCUT2D eigenvalue weighted by Gasteiger charge is -2.54. The molecule has 1 aliphatic rings. The van der Waals surface area contributed by atoms with Gasteiger partial charge in [-0.05, 0) is 73.1 Å². The highest BCUT2D eigenvalue weighted by Crippen LogP contribution is 2.41. The smallest absolute Gasteiger partial charge is 0.142 e. The van der Waals surface area contributed by atoms with Crippen molar-refractivity contribution >= 4 is 22.2 Å². The molecule has 1 aromatic carbocycles. The molecule has 1 fully saturated rings. The minimum Gasteiger partial charge on any atom is -0.306 e. The third-order valence-electron chi connectivity index (χ3n) is 7.78. The van der Waals surface area contributed by atoms with E-state index in [2.05, 4.69) is 98.3 Å². The molecule has 0 bridgehead atoms. The number of benzene rings is 1. The molecule has 1 unspecified atom stereocenters. The Bertz CT molecular complexity index is 1320. The van der Waals surface area contributed by atoms with Gasteiger partial charge in [0.05, 0.1) is 16.1 Å². The van der Waals surface area contributed by atoms with Crippen LogP contribution in [0.5, 0.6) is 0 Å². The van der Waals surface area contributed by atoms with E-state index < -0.39 is 0 Å². The number of H-pyrrole nitrogens is 1. The Morgan fingerprint density at radius 3 is 2.54 bits per heavy atom. The van der Waals surface area contributed by atoms with Crippen LogP contribution >= 0.6 is 11.3 Å². The second-order valence-corrected chi connectivity index (χ2v) is 12.2. The van der Waals surface area contributed by atoms with Crippen molar-refractivity contribution in [3.8, 4) is 21.1 Å². The molecule has 0 aliphatic carbocycles. The van der Waals surface area contributed by atoms with Gasteiger partial charge in [-0.3, -0.25) is 15.0 Å². The number of pyridine rings is 1. The van der Waals surface area contributed by atoms with Gasteiger partial charge in [0.15, 0.2) is 0 Å². The summed E-state index contributed by atoms with van der Waals surface area (Å²) in [6.07, 6.45) is 5.95. The number of nitrogens with zero attached hydrogens (tertiary/aromatic N) is 4. The second-order valence-electron chi connectivity index (χ2n) is 11.2. The molecular weight excluding hydrogens is 452 g/mol. The largest absolute Gasteiger partial charge is 0.306 e. The van der Waals surface area contributed by atoms with Gasteiger partial charge in [-0.25, -0.2) is 4.98 Å². The number of para-hydroxylation sites is 1. The summed E-state index contributed by atoms with van der Waals surface area (Å²) in [4.78, 5) is 13.3. The van der Waals surface area contributed by atoms with Gasteiger partial charge < -0.3 is 5.32 Å². The van der Waals surface area contributed by atoms with Crippen LogP contribution in [0.25, 0.3) is 32.0 Å². The molecule has 0 saturated carbocycles. The van der Waals surface area contributed by atoms with E-state index in [0.29, 0.717) is 6.04 Å². The Morgan fingerprint density at radius 2 is 1.86 bits per heavy atom. The zero-order valence-electron chi connectivity index (χ0n) is 21.8. The highest BCUT2D eigenvalue weighted by Gasteiger charge is 2.43. The molecule has 6 nitrogen and oxygen atoms in total. The van der Waals surface area contributed by atoms with Crippen molar-refractivity contribution in [1.29, 1.82) is 0 Å². The molecule has 4 aromatic rings. The minimum atomic E-state index is 0.103. The number of aromatic amines is 1. The van der Waals surface area contributed by atoms with Crippen LogP contribution in [0.4, 0.5) is 0 Å². The average Bonchev–Trinajstić information content (AvgIpc) is 3.43. The number of aromatic nitrogens is 4. The van der Waals surface area contributed by atoms with Crippen molar-refractivity contribution < 1.29 is 0 Å². The standard InChI is InChI=1S/C28H36N6S/c1-17-10-8-12-21-22(17)32-33-24(21)26-31-23(25(35-26)19-11-9-13-29-16-19)18(2)30-20-14-27(3,4)34(7)28(5,6)15-20/h8-13,16,18,20,30H,14-15H2,1-7H3,(H,32,33). The number of hydrogen-bond donors (Lipinski definition) is 2. The first-order valence-electron chi connectivity index (χ1n) is 12.4. The number of rotatable bonds is 5. The summed E-state index contributed by atoms with van der Waals surface area (Å²) in [5, 5.41) is 13.9. The maximum atomic E-state index is 5.21. The van der Waals surface area contributed by atoms with Crippen LogP contribution in [0.2, 0.25) is 0 Å². The summed E-state index contributed by atoms with van der Waals surface area (Å²) >= 11 is 1.71. The molecule has 1 aliphatic heterocycles. The first-order chi connectivity index (χ1) is 16.6. The highest BCUT2D eigenvalue weighted by atomic mass is 32.1. The van der Waals surface area contributed by atoms with Gasteiger partial charge >= 0.3 is 0 Å². The quantitative estimate of drug-likeness (QED) is 0.342. The van der Waals surface area contributed by atoms with Gasteiger partial charge in [-0.2, -0.15) is 5.10 Å². The fourth-order valence-corrected chi connectivity index (χ4v) is 6.86. The molecule has 7 heteroatoms. The lowest BCUT2D eigenvalue weighted by atomic mass is 9.77. The maximum Gasteiger partial charge on any atom is 0.142 e.